The number of hydrogen-bond acceptors (Lipinski definition) is 2. The Hall–Kier alpha value is -6.64. The summed E-state index contributed by atoms with van der Waals surface area (Å²) in [5.41, 5.74) is 18.7. The van der Waals surface area contributed by atoms with Crippen LogP contribution in [0.1, 0.15) is 37.3 Å². The molecule has 0 amide bonds. The Morgan fingerprint density at radius 2 is 1.10 bits per heavy atom. The summed E-state index contributed by atoms with van der Waals surface area (Å²) in [5.74, 6) is 4.23. The monoisotopic (exact) mass is 771 g/mol. The predicted molar refractivity (Wildman–Crippen MR) is 248 cm³/mol. The Morgan fingerprint density at radius 1 is 0.467 bits per heavy atom. The van der Waals surface area contributed by atoms with Crippen molar-refractivity contribution in [1.82, 2.24) is 0 Å². The number of nitrogens with zero attached hydrogens (tertiary/aromatic N) is 1. The average Bonchev–Trinajstić information content (AvgIpc) is 3.82. The summed E-state index contributed by atoms with van der Waals surface area (Å²) in [5, 5.41) is 2.23. The van der Waals surface area contributed by atoms with Crippen LogP contribution in [0.2, 0.25) is 0 Å². The molecule has 3 fully saturated rings. The van der Waals surface area contributed by atoms with Crippen LogP contribution in [0, 0.1) is 29.6 Å². The number of para-hydroxylation sites is 1. The lowest BCUT2D eigenvalue weighted by atomic mass is 9.34. The van der Waals surface area contributed by atoms with Gasteiger partial charge in [0, 0.05) is 22.2 Å². The van der Waals surface area contributed by atoms with Crippen molar-refractivity contribution in [3.63, 3.8) is 0 Å². The molecule has 3 saturated carbocycles. The van der Waals surface area contributed by atoms with E-state index in [2.05, 4.69) is 194 Å². The third-order valence-electron chi connectivity index (χ3n) is 15.3. The van der Waals surface area contributed by atoms with Gasteiger partial charge in [-0.1, -0.05) is 140 Å². The fourth-order valence-corrected chi connectivity index (χ4v) is 12.8. The van der Waals surface area contributed by atoms with Gasteiger partial charge in [0.1, 0.15) is 11.2 Å². The van der Waals surface area contributed by atoms with Gasteiger partial charge >= 0.3 is 0 Å². The van der Waals surface area contributed by atoms with E-state index in [1.54, 1.807) is 11.1 Å². The molecular weight excluding hydrogens is 727 g/mol. The highest BCUT2D eigenvalue weighted by Gasteiger charge is 2.68. The normalized spacial score (nSPS) is 23.1. The minimum absolute atomic E-state index is 0.123. The molecule has 0 aliphatic heterocycles. The van der Waals surface area contributed by atoms with Crippen LogP contribution in [0.25, 0.3) is 66.4 Å². The van der Waals surface area contributed by atoms with Gasteiger partial charge in [0.25, 0.3) is 0 Å². The second-order valence-corrected chi connectivity index (χ2v) is 18.1. The molecular formula is C58H45NO. The summed E-state index contributed by atoms with van der Waals surface area (Å²) in [6.45, 7) is 2.57. The molecule has 8 aromatic carbocycles. The highest BCUT2D eigenvalue weighted by molar-refractivity contribution is 6.13. The van der Waals surface area contributed by atoms with Gasteiger partial charge in [-0.3, -0.25) is 0 Å². The standard InChI is InChI=1S/C58H45NO/c1-36-30-43-32-44-35-52(56(43)44)58(36)50-20-7-5-18-47(50)48-29-26-42(34-51(48)58)40-15-9-14-39(31-40)41-16-10-17-46(33-41)59(45-27-24-38(25-28-45)37-12-3-2-4-13-37)53-21-11-23-55-57(53)49-19-6-8-22-54(49)60-55/h2-29,31,33-34,36,43-44,52,56H,30,32,35H2,1H3. The van der Waals surface area contributed by atoms with Crippen LogP contribution in [-0.2, 0) is 5.41 Å². The Kier molecular flexibility index (Phi) is 7.38. The summed E-state index contributed by atoms with van der Waals surface area (Å²) in [6, 6.07) is 69.5. The zero-order valence-electron chi connectivity index (χ0n) is 33.8. The first-order valence-electron chi connectivity index (χ1n) is 21.9. The van der Waals surface area contributed by atoms with E-state index in [1.807, 2.05) is 6.07 Å². The Bertz CT molecular complexity index is 3140. The molecule has 1 aromatic heterocycles. The minimum atomic E-state index is 0.123. The summed E-state index contributed by atoms with van der Waals surface area (Å²) in [6.07, 6.45) is 4.23. The SMILES string of the molecule is CC1CC2CC3CC(C23)C12c1ccccc1-c1ccc(-c3cccc(-c4cccc(N(c5ccc(-c6ccccc6)cc5)c5cccc6oc7ccccc7c56)c4)c3)cc12. The minimum Gasteiger partial charge on any atom is -0.456 e. The molecule has 2 nitrogen and oxygen atoms in total. The molecule has 9 aromatic rings. The first-order valence-corrected chi connectivity index (χ1v) is 21.9. The number of fused-ring (bicyclic) bond motifs is 9. The molecule has 6 unspecified atom stereocenters. The van der Waals surface area contributed by atoms with E-state index < -0.39 is 0 Å². The molecule has 0 radical (unpaired) electrons. The Balaban J connectivity index is 0.919. The molecule has 4 aliphatic carbocycles. The van der Waals surface area contributed by atoms with Gasteiger partial charge in [-0.15, -0.1) is 0 Å². The molecule has 0 saturated heterocycles. The van der Waals surface area contributed by atoms with E-state index in [1.165, 1.54) is 63.8 Å². The van der Waals surface area contributed by atoms with Crippen molar-refractivity contribution in [3.05, 3.63) is 199 Å². The maximum absolute atomic E-state index is 6.42. The van der Waals surface area contributed by atoms with Crippen LogP contribution in [0.5, 0.6) is 0 Å². The van der Waals surface area contributed by atoms with E-state index in [0.29, 0.717) is 5.92 Å². The summed E-state index contributed by atoms with van der Waals surface area (Å²) in [4.78, 5) is 2.40. The van der Waals surface area contributed by atoms with Crippen molar-refractivity contribution < 1.29 is 4.42 Å². The predicted octanol–water partition coefficient (Wildman–Crippen LogP) is 15.6. The lowest BCUT2D eigenvalue weighted by Crippen LogP contribution is -2.64. The maximum Gasteiger partial charge on any atom is 0.137 e. The third-order valence-corrected chi connectivity index (χ3v) is 15.3. The topological polar surface area (TPSA) is 16.4 Å². The van der Waals surface area contributed by atoms with Crippen molar-refractivity contribution in [1.29, 1.82) is 0 Å². The van der Waals surface area contributed by atoms with Gasteiger partial charge in [0.15, 0.2) is 0 Å². The van der Waals surface area contributed by atoms with Gasteiger partial charge in [0.05, 0.1) is 11.1 Å². The number of rotatable bonds is 6. The first-order chi connectivity index (χ1) is 29.6. The number of anilines is 3. The molecule has 1 spiro atoms. The van der Waals surface area contributed by atoms with Crippen molar-refractivity contribution in [2.45, 2.75) is 31.6 Å². The molecule has 0 N–H and O–H groups in total. The van der Waals surface area contributed by atoms with Gasteiger partial charge in [-0.25, -0.2) is 0 Å². The largest absolute Gasteiger partial charge is 0.456 e. The summed E-state index contributed by atoms with van der Waals surface area (Å²) < 4.78 is 6.42. The van der Waals surface area contributed by atoms with Crippen LogP contribution in [0.15, 0.2) is 192 Å². The average molecular weight is 772 g/mol. The van der Waals surface area contributed by atoms with Gasteiger partial charge in [0.2, 0.25) is 0 Å². The molecule has 1 heterocycles. The van der Waals surface area contributed by atoms with Gasteiger partial charge in [-0.05, 0) is 159 Å². The van der Waals surface area contributed by atoms with E-state index in [4.69, 9.17) is 4.42 Å². The molecule has 4 aliphatic rings. The lowest BCUT2D eigenvalue weighted by molar-refractivity contribution is -0.168. The quantitative estimate of drug-likeness (QED) is 0.167. The highest BCUT2D eigenvalue weighted by Crippen LogP contribution is 2.74. The third kappa shape index (κ3) is 4.82. The van der Waals surface area contributed by atoms with E-state index in [9.17, 15) is 0 Å². The van der Waals surface area contributed by atoms with Crippen LogP contribution < -0.4 is 4.90 Å². The molecule has 288 valence electrons. The van der Waals surface area contributed by atoms with Gasteiger partial charge in [-0.2, -0.15) is 0 Å². The molecule has 13 rings (SSSR count). The second kappa shape index (κ2) is 12.9. The van der Waals surface area contributed by atoms with Gasteiger partial charge < -0.3 is 9.32 Å². The van der Waals surface area contributed by atoms with Crippen molar-refractivity contribution in [3.8, 4) is 44.5 Å². The Labute approximate surface area is 351 Å². The van der Waals surface area contributed by atoms with Crippen LogP contribution >= 0.6 is 0 Å². The molecule has 6 atom stereocenters. The lowest BCUT2D eigenvalue weighted by Gasteiger charge is -2.69. The number of benzene rings is 8. The second-order valence-electron chi connectivity index (χ2n) is 18.1. The van der Waals surface area contributed by atoms with Crippen molar-refractivity contribution in [2.75, 3.05) is 4.90 Å². The molecule has 60 heavy (non-hydrogen) atoms. The van der Waals surface area contributed by atoms with Crippen molar-refractivity contribution >= 4 is 39.0 Å². The fraction of sp³-hybridized carbons (Fsp3) is 0.172. The first kappa shape index (κ1) is 34.2. The summed E-state index contributed by atoms with van der Waals surface area (Å²) in [7, 11) is 0. The molecule has 2 heteroatoms. The summed E-state index contributed by atoms with van der Waals surface area (Å²) >= 11 is 0. The number of furan rings is 1. The number of hydrogen-bond donors (Lipinski definition) is 0. The maximum atomic E-state index is 6.42. The zero-order chi connectivity index (χ0) is 39.5. The highest BCUT2D eigenvalue weighted by atomic mass is 16.3. The van der Waals surface area contributed by atoms with Crippen molar-refractivity contribution in [2.24, 2.45) is 29.6 Å². The van der Waals surface area contributed by atoms with E-state index >= 15 is 0 Å². The molecule has 0 bridgehead atoms. The Morgan fingerprint density at radius 3 is 1.95 bits per heavy atom. The van der Waals surface area contributed by atoms with Crippen LogP contribution in [-0.4, -0.2) is 0 Å². The van der Waals surface area contributed by atoms with Crippen LogP contribution in [0.3, 0.4) is 0 Å². The van der Waals surface area contributed by atoms with Crippen LogP contribution in [0.4, 0.5) is 17.1 Å². The van der Waals surface area contributed by atoms with E-state index in [0.717, 1.165) is 62.7 Å². The fourth-order valence-electron chi connectivity index (χ4n) is 12.8. The smallest absolute Gasteiger partial charge is 0.137 e. The zero-order valence-corrected chi connectivity index (χ0v) is 33.8. The van der Waals surface area contributed by atoms with E-state index in [-0.39, 0.29) is 5.41 Å².